The van der Waals surface area contributed by atoms with Crippen molar-refractivity contribution in [2.75, 3.05) is 0 Å². The molecule has 0 amide bonds. The summed E-state index contributed by atoms with van der Waals surface area (Å²) in [6, 6.07) is 11.1. The molecule has 0 aliphatic carbocycles. The fraction of sp³-hybridized carbons (Fsp3) is 0.133. The van der Waals surface area contributed by atoms with E-state index in [1.807, 2.05) is 31.2 Å². The molecule has 18 heavy (non-hydrogen) atoms. The predicted molar refractivity (Wildman–Crippen MR) is 71.0 cm³/mol. The number of fused-ring (bicyclic) bond motifs is 1. The Balaban J connectivity index is 2.19. The molecule has 2 nitrogen and oxygen atoms in total. The van der Waals surface area contributed by atoms with Crippen molar-refractivity contribution in [1.29, 1.82) is 0 Å². The Morgan fingerprint density at radius 1 is 1.06 bits per heavy atom. The van der Waals surface area contributed by atoms with Crippen molar-refractivity contribution in [3.05, 3.63) is 53.3 Å². The number of hydrogen-bond acceptors (Lipinski definition) is 1. The molecule has 1 heterocycles. The zero-order chi connectivity index (χ0) is 12.7. The smallest absolute Gasteiger partial charge is 0.138 e. The van der Waals surface area contributed by atoms with Crippen LogP contribution < -0.4 is 0 Å². The highest BCUT2D eigenvalue weighted by molar-refractivity contribution is 5.82. The largest absolute Gasteiger partial charge is 0.338 e. The average Bonchev–Trinajstić information content (AvgIpc) is 2.78. The molecule has 0 unspecified atom stereocenters. The van der Waals surface area contributed by atoms with Gasteiger partial charge in [0.05, 0.1) is 11.0 Å². The van der Waals surface area contributed by atoms with Crippen LogP contribution >= 0.6 is 0 Å². The number of imidazole rings is 1. The summed E-state index contributed by atoms with van der Waals surface area (Å²) < 4.78 is 13.3. The minimum absolute atomic E-state index is 0.189. The second-order valence-electron chi connectivity index (χ2n) is 4.52. The fourth-order valence-electron chi connectivity index (χ4n) is 2.10. The van der Waals surface area contributed by atoms with Gasteiger partial charge in [-0.2, -0.15) is 0 Å². The van der Waals surface area contributed by atoms with Crippen molar-refractivity contribution in [2.45, 2.75) is 13.8 Å². The standard InChI is InChI=1S/C15H13FN2/c1-9-4-3-5-13-14(9)18-15(17-13)11-6-7-12(16)10(2)8-11/h3-8H,1-2H3,(H,17,18). The zero-order valence-corrected chi connectivity index (χ0v) is 10.3. The van der Waals surface area contributed by atoms with Crippen LogP contribution in [0.2, 0.25) is 0 Å². The molecule has 3 aromatic rings. The number of hydrogen-bond donors (Lipinski definition) is 1. The summed E-state index contributed by atoms with van der Waals surface area (Å²) in [6.45, 7) is 3.79. The Morgan fingerprint density at radius 2 is 1.89 bits per heavy atom. The highest BCUT2D eigenvalue weighted by Gasteiger charge is 2.08. The summed E-state index contributed by atoms with van der Waals surface area (Å²) in [7, 11) is 0. The van der Waals surface area contributed by atoms with Crippen LogP contribution in [0.25, 0.3) is 22.4 Å². The van der Waals surface area contributed by atoms with Gasteiger partial charge in [-0.1, -0.05) is 12.1 Å². The SMILES string of the molecule is Cc1cc(-c2nc3c(C)cccc3[nH]2)ccc1F. The van der Waals surface area contributed by atoms with Crippen molar-refractivity contribution >= 4 is 11.0 Å². The Kier molecular flexibility index (Phi) is 2.40. The van der Waals surface area contributed by atoms with Crippen LogP contribution in [0.3, 0.4) is 0 Å². The molecular weight excluding hydrogens is 227 g/mol. The molecule has 0 aliphatic rings. The summed E-state index contributed by atoms with van der Waals surface area (Å²) >= 11 is 0. The first-order valence-electron chi connectivity index (χ1n) is 5.87. The van der Waals surface area contributed by atoms with E-state index in [1.165, 1.54) is 6.07 Å². The van der Waals surface area contributed by atoms with E-state index in [-0.39, 0.29) is 5.82 Å². The summed E-state index contributed by atoms with van der Waals surface area (Å²) in [6.07, 6.45) is 0. The molecule has 0 radical (unpaired) electrons. The van der Waals surface area contributed by atoms with Gasteiger partial charge in [0.15, 0.2) is 0 Å². The lowest BCUT2D eigenvalue weighted by molar-refractivity contribution is 0.618. The number of para-hydroxylation sites is 1. The lowest BCUT2D eigenvalue weighted by atomic mass is 10.1. The maximum absolute atomic E-state index is 13.3. The van der Waals surface area contributed by atoms with E-state index in [0.29, 0.717) is 5.56 Å². The van der Waals surface area contributed by atoms with Crippen molar-refractivity contribution in [2.24, 2.45) is 0 Å². The molecule has 3 rings (SSSR count). The van der Waals surface area contributed by atoms with Crippen LogP contribution in [0.1, 0.15) is 11.1 Å². The van der Waals surface area contributed by atoms with Crippen LogP contribution in [0.4, 0.5) is 4.39 Å². The highest BCUT2D eigenvalue weighted by Crippen LogP contribution is 2.23. The quantitative estimate of drug-likeness (QED) is 0.684. The zero-order valence-electron chi connectivity index (χ0n) is 10.3. The number of nitrogens with one attached hydrogen (secondary N) is 1. The summed E-state index contributed by atoms with van der Waals surface area (Å²) in [4.78, 5) is 7.84. The number of benzene rings is 2. The molecule has 2 aromatic carbocycles. The van der Waals surface area contributed by atoms with Gasteiger partial charge in [0, 0.05) is 5.56 Å². The molecular formula is C15H13FN2. The number of aryl methyl sites for hydroxylation is 2. The van der Waals surface area contributed by atoms with Crippen LogP contribution in [-0.4, -0.2) is 9.97 Å². The van der Waals surface area contributed by atoms with E-state index in [2.05, 4.69) is 9.97 Å². The Morgan fingerprint density at radius 3 is 2.61 bits per heavy atom. The van der Waals surface area contributed by atoms with Crippen molar-refractivity contribution in [3.8, 4) is 11.4 Å². The monoisotopic (exact) mass is 240 g/mol. The van der Waals surface area contributed by atoms with Crippen LogP contribution in [0, 0.1) is 19.7 Å². The number of nitrogens with zero attached hydrogens (tertiary/aromatic N) is 1. The van der Waals surface area contributed by atoms with Gasteiger partial charge in [-0.15, -0.1) is 0 Å². The van der Waals surface area contributed by atoms with Gasteiger partial charge in [0.25, 0.3) is 0 Å². The Labute approximate surface area is 104 Å². The molecule has 3 heteroatoms. The van der Waals surface area contributed by atoms with Crippen molar-refractivity contribution in [1.82, 2.24) is 9.97 Å². The Hall–Kier alpha value is -2.16. The minimum Gasteiger partial charge on any atom is -0.338 e. The van der Waals surface area contributed by atoms with Gasteiger partial charge in [-0.3, -0.25) is 0 Å². The van der Waals surface area contributed by atoms with Gasteiger partial charge >= 0.3 is 0 Å². The van der Waals surface area contributed by atoms with Crippen molar-refractivity contribution in [3.63, 3.8) is 0 Å². The molecule has 0 fully saturated rings. The normalized spacial score (nSPS) is 11.1. The molecule has 0 bridgehead atoms. The van der Waals surface area contributed by atoms with Crippen LogP contribution in [0.15, 0.2) is 36.4 Å². The van der Waals surface area contributed by atoms with E-state index < -0.39 is 0 Å². The van der Waals surface area contributed by atoms with Crippen LogP contribution in [0.5, 0.6) is 0 Å². The minimum atomic E-state index is -0.189. The topological polar surface area (TPSA) is 28.7 Å². The van der Waals surface area contributed by atoms with E-state index in [4.69, 9.17) is 0 Å². The van der Waals surface area contributed by atoms with Crippen molar-refractivity contribution < 1.29 is 4.39 Å². The number of H-pyrrole nitrogens is 1. The molecule has 0 saturated carbocycles. The van der Waals surface area contributed by atoms with E-state index in [1.54, 1.807) is 13.0 Å². The fourth-order valence-corrected chi connectivity index (χ4v) is 2.10. The predicted octanol–water partition coefficient (Wildman–Crippen LogP) is 3.99. The maximum atomic E-state index is 13.3. The average molecular weight is 240 g/mol. The Bertz CT molecular complexity index is 728. The number of rotatable bonds is 1. The third kappa shape index (κ3) is 1.68. The van der Waals surface area contributed by atoms with E-state index >= 15 is 0 Å². The molecule has 0 aliphatic heterocycles. The van der Waals surface area contributed by atoms with Gasteiger partial charge in [-0.25, -0.2) is 9.37 Å². The first-order chi connectivity index (χ1) is 8.65. The van der Waals surface area contributed by atoms with Gasteiger partial charge in [-0.05, 0) is 49.2 Å². The molecule has 0 spiro atoms. The number of aromatic nitrogens is 2. The lowest BCUT2D eigenvalue weighted by Crippen LogP contribution is -1.85. The van der Waals surface area contributed by atoms with Gasteiger partial charge < -0.3 is 4.98 Å². The van der Waals surface area contributed by atoms with E-state index in [0.717, 1.165) is 28.0 Å². The van der Waals surface area contributed by atoms with Crippen LogP contribution in [-0.2, 0) is 0 Å². The first kappa shape index (κ1) is 11.0. The third-order valence-corrected chi connectivity index (χ3v) is 3.15. The highest BCUT2D eigenvalue weighted by atomic mass is 19.1. The van der Waals surface area contributed by atoms with Gasteiger partial charge in [0.1, 0.15) is 11.6 Å². The lowest BCUT2D eigenvalue weighted by Gasteiger charge is -1.99. The second kappa shape index (κ2) is 3.95. The number of aromatic amines is 1. The molecule has 1 aromatic heterocycles. The second-order valence-corrected chi connectivity index (χ2v) is 4.52. The number of halogens is 1. The third-order valence-electron chi connectivity index (χ3n) is 3.15. The van der Waals surface area contributed by atoms with E-state index in [9.17, 15) is 4.39 Å². The maximum Gasteiger partial charge on any atom is 0.138 e. The molecule has 90 valence electrons. The first-order valence-corrected chi connectivity index (χ1v) is 5.87. The molecule has 0 saturated heterocycles. The summed E-state index contributed by atoms with van der Waals surface area (Å²) in [5.74, 6) is 0.591. The summed E-state index contributed by atoms with van der Waals surface area (Å²) in [5.41, 5.74) is 4.64. The van der Waals surface area contributed by atoms with Gasteiger partial charge in [0.2, 0.25) is 0 Å². The summed E-state index contributed by atoms with van der Waals surface area (Å²) in [5, 5.41) is 0. The molecule has 0 atom stereocenters. The molecule has 1 N–H and O–H groups in total.